The van der Waals surface area contributed by atoms with Crippen LogP contribution in [-0.4, -0.2) is 16.7 Å². The smallest absolute Gasteiger partial charge is 0.269 e. The summed E-state index contributed by atoms with van der Waals surface area (Å²) in [5.41, 5.74) is 3.14. The molecule has 3 rings (SSSR count). The summed E-state index contributed by atoms with van der Waals surface area (Å²) in [6.07, 6.45) is 6.19. The maximum Gasteiger partial charge on any atom is 0.269 e. The van der Waals surface area contributed by atoms with Crippen molar-refractivity contribution in [2.45, 2.75) is 12.8 Å². The Labute approximate surface area is 126 Å². The average Bonchev–Trinajstić information content (AvgIpc) is 2.48. The zero-order valence-corrected chi connectivity index (χ0v) is 11.5. The first-order valence-electron chi connectivity index (χ1n) is 6.72. The number of non-ortho nitro benzene ring substituents is 1. The molecule has 0 radical (unpaired) electrons. The van der Waals surface area contributed by atoms with Gasteiger partial charge in [0.15, 0.2) is 0 Å². The number of allylic oxidation sites excluding steroid dienone is 3. The number of hydrogen-bond acceptors (Lipinski definition) is 4. The number of imide groups is 1. The van der Waals surface area contributed by atoms with Gasteiger partial charge in [-0.3, -0.25) is 25.0 Å². The van der Waals surface area contributed by atoms with Gasteiger partial charge in [-0.1, -0.05) is 18.2 Å². The zero-order chi connectivity index (χ0) is 15.7. The van der Waals surface area contributed by atoms with Crippen LogP contribution in [-0.2, 0) is 9.59 Å². The predicted octanol–water partition coefficient (Wildman–Crippen LogP) is 2.28. The van der Waals surface area contributed by atoms with Crippen molar-refractivity contribution in [3.05, 3.63) is 68.8 Å². The second-order valence-electron chi connectivity index (χ2n) is 5.14. The minimum absolute atomic E-state index is 0.0384. The van der Waals surface area contributed by atoms with Crippen molar-refractivity contribution in [1.82, 2.24) is 5.32 Å². The van der Waals surface area contributed by atoms with E-state index in [0.29, 0.717) is 12.0 Å². The first-order valence-corrected chi connectivity index (χ1v) is 6.72. The summed E-state index contributed by atoms with van der Waals surface area (Å²) >= 11 is 0. The number of carbonyl (C=O) groups is 2. The summed E-state index contributed by atoms with van der Waals surface area (Å²) in [5, 5.41) is 12.9. The van der Waals surface area contributed by atoms with E-state index >= 15 is 0 Å². The number of nitrogens with one attached hydrogen (secondary N) is 1. The molecule has 0 saturated heterocycles. The van der Waals surface area contributed by atoms with Crippen LogP contribution >= 0.6 is 0 Å². The number of amides is 2. The van der Waals surface area contributed by atoms with Crippen LogP contribution in [0.3, 0.4) is 0 Å². The fourth-order valence-electron chi connectivity index (χ4n) is 2.50. The molecule has 1 heterocycles. The van der Waals surface area contributed by atoms with Gasteiger partial charge in [-0.05, 0) is 28.8 Å². The van der Waals surface area contributed by atoms with Crippen molar-refractivity contribution in [2.24, 2.45) is 0 Å². The molecule has 1 aliphatic carbocycles. The Morgan fingerprint density at radius 3 is 2.50 bits per heavy atom. The predicted molar refractivity (Wildman–Crippen MR) is 79.6 cm³/mol. The number of rotatable bonds is 2. The fourth-order valence-corrected chi connectivity index (χ4v) is 2.50. The molecular formula is C16H12N2O4. The van der Waals surface area contributed by atoms with Crippen molar-refractivity contribution >= 4 is 23.6 Å². The van der Waals surface area contributed by atoms with Crippen LogP contribution in [0, 0.1) is 10.1 Å². The summed E-state index contributed by atoms with van der Waals surface area (Å²) in [6.45, 7) is 0. The average molecular weight is 296 g/mol. The highest BCUT2D eigenvalue weighted by Crippen LogP contribution is 2.29. The van der Waals surface area contributed by atoms with E-state index in [1.807, 2.05) is 12.2 Å². The Balaban J connectivity index is 1.83. The minimum atomic E-state index is -0.447. The molecule has 1 N–H and O–H groups in total. The summed E-state index contributed by atoms with van der Waals surface area (Å²) in [5.74, 6) is -0.624. The van der Waals surface area contributed by atoms with E-state index in [1.165, 1.54) is 12.1 Å². The van der Waals surface area contributed by atoms with Crippen LogP contribution < -0.4 is 5.32 Å². The third-order valence-electron chi connectivity index (χ3n) is 3.60. The summed E-state index contributed by atoms with van der Waals surface area (Å²) in [4.78, 5) is 33.3. The molecule has 0 spiro atoms. The molecule has 1 aliphatic heterocycles. The van der Waals surface area contributed by atoms with Gasteiger partial charge >= 0.3 is 0 Å². The van der Waals surface area contributed by atoms with Crippen LogP contribution in [0.2, 0.25) is 0 Å². The molecule has 2 aliphatic rings. The Bertz CT molecular complexity index is 770. The lowest BCUT2D eigenvalue weighted by Gasteiger charge is -2.21. The van der Waals surface area contributed by atoms with Gasteiger partial charge in [-0.2, -0.15) is 0 Å². The molecular weight excluding hydrogens is 284 g/mol. The van der Waals surface area contributed by atoms with Crippen LogP contribution in [0.4, 0.5) is 5.69 Å². The second-order valence-corrected chi connectivity index (χ2v) is 5.14. The molecule has 1 aromatic carbocycles. The molecule has 0 bridgehead atoms. The van der Waals surface area contributed by atoms with Crippen LogP contribution in [0.25, 0.3) is 6.08 Å². The van der Waals surface area contributed by atoms with Crippen molar-refractivity contribution in [3.63, 3.8) is 0 Å². The van der Waals surface area contributed by atoms with Crippen molar-refractivity contribution in [1.29, 1.82) is 0 Å². The van der Waals surface area contributed by atoms with E-state index in [9.17, 15) is 19.7 Å². The molecule has 0 aromatic heterocycles. The molecule has 110 valence electrons. The molecule has 6 nitrogen and oxygen atoms in total. The number of benzene rings is 1. The van der Waals surface area contributed by atoms with E-state index in [1.54, 1.807) is 18.2 Å². The lowest BCUT2D eigenvalue weighted by atomic mass is 9.88. The number of hydrogen-bond donors (Lipinski definition) is 1. The van der Waals surface area contributed by atoms with Gasteiger partial charge in [0, 0.05) is 24.1 Å². The van der Waals surface area contributed by atoms with Gasteiger partial charge in [0.05, 0.1) is 11.3 Å². The molecule has 0 unspecified atom stereocenters. The zero-order valence-electron chi connectivity index (χ0n) is 11.5. The Morgan fingerprint density at radius 2 is 1.82 bits per heavy atom. The highest BCUT2D eigenvalue weighted by Gasteiger charge is 2.26. The van der Waals surface area contributed by atoms with Gasteiger partial charge in [0.1, 0.15) is 0 Å². The lowest BCUT2D eigenvalue weighted by Crippen LogP contribution is -2.37. The Hall–Kier alpha value is -3.02. The van der Waals surface area contributed by atoms with Crippen molar-refractivity contribution in [2.75, 3.05) is 0 Å². The highest BCUT2D eigenvalue weighted by molar-refractivity contribution is 6.09. The Kier molecular flexibility index (Phi) is 3.42. The number of nitrogens with zero attached hydrogens (tertiary/aromatic N) is 1. The summed E-state index contributed by atoms with van der Waals surface area (Å²) in [6, 6.07) is 6.20. The van der Waals surface area contributed by atoms with Crippen LogP contribution in [0.15, 0.2) is 53.1 Å². The second kappa shape index (κ2) is 5.40. The van der Waals surface area contributed by atoms with Gasteiger partial charge in [-0.15, -0.1) is 0 Å². The van der Waals surface area contributed by atoms with E-state index in [4.69, 9.17) is 0 Å². The van der Waals surface area contributed by atoms with E-state index in [0.717, 1.165) is 16.7 Å². The number of carbonyl (C=O) groups excluding carboxylic acids is 2. The quantitative estimate of drug-likeness (QED) is 0.515. The topological polar surface area (TPSA) is 89.3 Å². The highest BCUT2D eigenvalue weighted by atomic mass is 16.6. The molecule has 6 heteroatoms. The van der Waals surface area contributed by atoms with Gasteiger partial charge in [0.2, 0.25) is 5.91 Å². The summed E-state index contributed by atoms with van der Waals surface area (Å²) < 4.78 is 0. The first-order chi connectivity index (χ1) is 10.5. The SMILES string of the molecule is O=C1CC2=C(CC(=Cc3ccc([N+](=O)[O-])cc3)C=C2)C(=O)N1. The first kappa shape index (κ1) is 13.9. The molecule has 0 atom stereocenters. The molecule has 0 fully saturated rings. The fraction of sp³-hybridized carbons (Fsp3) is 0.125. The molecule has 1 aromatic rings. The number of nitro benzene ring substituents is 1. The third-order valence-corrected chi connectivity index (χ3v) is 3.60. The minimum Gasteiger partial charge on any atom is -0.292 e. The van der Waals surface area contributed by atoms with Crippen LogP contribution in [0.1, 0.15) is 18.4 Å². The van der Waals surface area contributed by atoms with Gasteiger partial charge in [0.25, 0.3) is 11.6 Å². The molecule has 22 heavy (non-hydrogen) atoms. The third kappa shape index (κ3) is 2.71. The number of nitro groups is 1. The Morgan fingerprint density at radius 1 is 1.09 bits per heavy atom. The lowest BCUT2D eigenvalue weighted by molar-refractivity contribution is -0.384. The summed E-state index contributed by atoms with van der Waals surface area (Å²) in [7, 11) is 0. The molecule has 0 saturated carbocycles. The van der Waals surface area contributed by atoms with Crippen LogP contribution in [0.5, 0.6) is 0 Å². The standard InChI is InChI=1S/C16H12N2O4/c19-15-9-12-4-1-11(8-14(12)16(20)17-15)7-10-2-5-13(6-3-10)18(21)22/h1-7H,8-9H2,(H,17,19,20). The maximum atomic E-state index is 11.8. The normalized spacial score (nSPS) is 19.2. The molecule has 2 amide bonds. The van der Waals surface area contributed by atoms with Gasteiger partial charge in [-0.25, -0.2) is 0 Å². The van der Waals surface area contributed by atoms with E-state index in [-0.39, 0.29) is 23.9 Å². The monoisotopic (exact) mass is 296 g/mol. The van der Waals surface area contributed by atoms with E-state index < -0.39 is 4.92 Å². The van der Waals surface area contributed by atoms with E-state index in [2.05, 4.69) is 5.32 Å². The maximum absolute atomic E-state index is 11.8. The van der Waals surface area contributed by atoms with Crippen molar-refractivity contribution in [3.8, 4) is 0 Å². The van der Waals surface area contributed by atoms with Gasteiger partial charge < -0.3 is 0 Å². The largest absolute Gasteiger partial charge is 0.292 e. The van der Waals surface area contributed by atoms with Crippen molar-refractivity contribution < 1.29 is 14.5 Å².